The maximum absolute atomic E-state index is 12.5. The fraction of sp³-hybridized carbons (Fsp3) is 0.105. The zero-order valence-electron chi connectivity index (χ0n) is 15.0. The van der Waals surface area contributed by atoms with Crippen molar-refractivity contribution in [2.75, 3.05) is 19.6 Å². The second-order valence-electron chi connectivity index (χ2n) is 5.53. The van der Waals surface area contributed by atoms with E-state index in [0.717, 1.165) is 0 Å². The molecule has 0 saturated carbocycles. The summed E-state index contributed by atoms with van der Waals surface area (Å²) in [5.74, 6) is 0.910. The molecule has 0 radical (unpaired) electrons. The lowest BCUT2D eigenvalue weighted by Gasteiger charge is -2.10. The Morgan fingerprint density at radius 1 is 1.14 bits per heavy atom. The van der Waals surface area contributed by atoms with Gasteiger partial charge in [0.1, 0.15) is 10.7 Å². The summed E-state index contributed by atoms with van der Waals surface area (Å²) >= 11 is 12.3. The number of methoxy groups -OCH3 is 2. The van der Waals surface area contributed by atoms with Crippen LogP contribution in [0.1, 0.15) is 5.56 Å². The molecule has 3 aromatic rings. The summed E-state index contributed by atoms with van der Waals surface area (Å²) in [5.41, 5.74) is 3.82. The van der Waals surface area contributed by atoms with Gasteiger partial charge in [-0.1, -0.05) is 41.4 Å². The second-order valence-corrected chi connectivity index (χ2v) is 6.32. The molecule has 3 rings (SSSR count). The quantitative estimate of drug-likeness (QED) is 0.483. The molecule has 0 aliphatic heterocycles. The molecule has 0 aliphatic carbocycles. The molecule has 0 fully saturated rings. The van der Waals surface area contributed by atoms with Gasteiger partial charge in [-0.25, -0.2) is 0 Å². The summed E-state index contributed by atoms with van der Waals surface area (Å²) < 4.78 is 11.7. The normalized spacial score (nSPS) is 10.9. The summed E-state index contributed by atoms with van der Waals surface area (Å²) in [4.78, 5) is 12.5. The molecule has 7 nitrogen and oxygen atoms in total. The Bertz CT molecular complexity index is 1070. The van der Waals surface area contributed by atoms with Crippen molar-refractivity contribution >= 4 is 35.1 Å². The molecule has 0 bridgehead atoms. The van der Waals surface area contributed by atoms with Gasteiger partial charge in [0.2, 0.25) is 0 Å². The molecule has 2 aromatic carbocycles. The first-order valence-electron chi connectivity index (χ1n) is 8.09. The molecule has 0 unspecified atom stereocenters. The van der Waals surface area contributed by atoms with E-state index in [2.05, 4.69) is 15.6 Å². The van der Waals surface area contributed by atoms with Crippen LogP contribution in [0.2, 0.25) is 10.0 Å². The molecule has 1 aromatic heterocycles. The smallest absolute Gasteiger partial charge is 0.292 e. The van der Waals surface area contributed by atoms with Gasteiger partial charge >= 0.3 is 0 Å². The number of para-hydroxylation sites is 1. The Hall–Kier alpha value is -3.03. The van der Waals surface area contributed by atoms with E-state index in [1.54, 1.807) is 24.3 Å². The van der Waals surface area contributed by atoms with Gasteiger partial charge < -0.3 is 9.47 Å². The molecule has 144 valence electrons. The van der Waals surface area contributed by atoms with E-state index in [0.29, 0.717) is 27.8 Å². The van der Waals surface area contributed by atoms with Gasteiger partial charge in [0.25, 0.3) is 5.56 Å². The van der Waals surface area contributed by atoms with Crippen molar-refractivity contribution in [3.8, 4) is 17.2 Å². The van der Waals surface area contributed by atoms with Gasteiger partial charge in [0.05, 0.1) is 37.3 Å². The highest BCUT2D eigenvalue weighted by molar-refractivity contribution is 6.33. The third-order valence-corrected chi connectivity index (χ3v) is 4.42. The predicted octanol–water partition coefficient (Wildman–Crippen LogP) is 4.00. The minimum absolute atomic E-state index is 0.0265. The number of halogens is 2. The molecular weight excluding hydrogens is 403 g/mol. The minimum atomic E-state index is -0.456. The Kier molecular flexibility index (Phi) is 6.18. The molecule has 0 aliphatic rings. The summed E-state index contributed by atoms with van der Waals surface area (Å²) in [6, 6.07) is 12.4. The molecule has 28 heavy (non-hydrogen) atoms. The first kappa shape index (κ1) is 19.7. The Balaban J connectivity index is 1.83. The maximum Gasteiger partial charge on any atom is 0.292 e. The van der Waals surface area contributed by atoms with Crippen LogP contribution < -0.4 is 20.5 Å². The fourth-order valence-corrected chi connectivity index (χ4v) is 2.92. The zero-order chi connectivity index (χ0) is 20.1. The van der Waals surface area contributed by atoms with Crippen LogP contribution in [-0.2, 0) is 0 Å². The van der Waals surface area contributed by atoms with Gasteiger partial charge in [-0.2, -0.15) is 14.9 Å². The van der Waals surface area contributed by atoms with Gasteiger partial charge in [0.15, 0.2) is 11.5 Å². The third-order valence-electron chi connectivity index (χ3n) is 3.77. The first-order valence-corrected chi connectivity index (χ1v) is 8.84. The average molecular weight is 419 g/mol. The summed E-state index contributed by atoms with van der Waals surface area (Å²) in [6.45, 7) is 0. The number of nitrogens with one attached hydrogen (secondary N) is 1. The fourth-order valence-electron chi connectivity index (χ4n) is 2.45. The number of hydrogen-bond acceptors (Lipinski definition) is 6. The lowest BCUT2D eigenvalue weighted by Crippen LogP contribution is -2.22. The number of benzene rings is 2. The predicted molar refractivity (Wildman–Crippen MR) is 111 cm³/mol. The third kappa shape index (κ3) is 4.11. The standard InChI is InChI=1S/C19H16Cl2N4O3/c1-27-16-9-12(8-14(20)18(16)28-2)10-22-24-15-11-23-25(19(26)17(15)21)13-6-4-3-5-7-13/h3-11,24H,1-2H3/b22-10-. The molecule has 1 N–H and O–H groups in total. The molecular formula is C19H16Cl2N4O3. The van der Waals surface area contributed by atoms with Crippen LogP contribution in [0.15, 0.2) is 58.6 Å². The minimum Gasteiger partial charge on any atom is -0.493 e. The van der Waals surface area contributed by atoms with Crippen LogP contribution in [0.3, 0.4) is 0 Å². The highest BCUT2D eigenvalue weighted by Gasteiger charge is 2.11. The first-order chi connectivity index (χ1) is 13.5. The van der Waals surface area contributed by atoms with Crippen molar-refractivity contribution in [2.45, 2.75) is 0 Å². The average Bonchev–Trinajstić information content (AvgIpc) is 2.71. The number of aromatic nitrogens is 2. The topological polar surface area (TPSA) is 77.7 Å². The highest BCUT2D eigenvalue weighted by Crippen LogP contribution is 2.35. The second kappa shape index (κ2) is 8.77. The molecule has 0 atom stereocenters. The molecule has 0 spiro atoms. The number of anilines is 1. The summed E-state index contributed by atoms with van der Waals surface area (Å²) in [6.07, 6.45) is 2.93. The van der Waals surface area contributed by atoms with E-state index in [4.69, 9.17) is 32.7 Å². The van der Waals surface area contributed by atoms with Crippen molar-refractivity contribution in [2.24, 2.45) is 5.10 Å². The van der Waals surface area contributed by atoms with Crippen LogP contribution >= 0.6 is 23.2 Å². The van der Waals surface area contributed by atoms with E-state index in [1.807, 2.05) is 18.2 Å². The van der Waals surface area contributed by atoms with E-state index < -0.39 is 5.56 Å². The molecule has 0 saturated heterocycles. The largest absolute Gasteiger partial charge is 0.493 e. The molecule has 9 heteroatoms. The van der Waals surface area contributed by atoms with Gasteiger partial charge in [-0.3, -0.25) is 10.2 Å². The lowest BCUT2D eigenvalue weighted by molar-refractivity contribution is 0.355. The van der Waals surface area contributed by atoms with Crippen molar-refractivity contribution in [3.63, 3.8) is 0 Å². The van der Waals surface area contributed by atoms with Crippen molar-refractivity contribution in [3.05, 3.63) is 74.6 Å². The van der Waals surface area contributed by atoms with Crippen LogP contribution in [-0.4, -0.2) is 30.2 Å². The van der Waals surface area contributed by atoms with Crippen LogP contribution in [0.25, 0.3) is 5.69 Å². The van der Waals surface area contributed by atoms with Crippen LogP contribution in [0.5, 0.6) is 11.5 Å². The summed E-state index contributed by atoms with van der Waals surface area (Å²) in [7, 11) is 3.02. The molecule has 0 amide bonds. The monoisotopic (exact) mass is 418 g/mol. The van der Waals surface area contributed by atoms with Crippen molar-refractivity contribution in [1.82, 2.24) is 9.78 Å². The SMILES string of the molecule is COc1cc(/C=N\Nc2cnn(-c3ccccc3)c(=O)c2Cl)cc(Cl)c1OC. The Labute approximate surface area is 171 Å². The van der Waals surface area contributed by atoms with Crippen molar-refractivity contribution < 1.29 is 9.47 Å². The van der Waals surface area contributed by atoms with Crippen LogP contribution in [0.4, 0.5) is 5.69 Å². The molecule has 1 heterocycles. The number of hydrogen-bond donors (Lipinski definition) is 1. The number of nitrogens with zero attached hydrogens (tertiary/aromatic N) is 3. The number of ether oxygens (including phenoxy) is 2. The number of rotatable bonds is 6. The van der Waals surface area contributed by atoms with E-state index in [1.165, 1.54) is 31.3 Å². The Morgan fingerprint density at radius 2 is 1.89 bits per heavy atom. The van der Waals surface area contributed by atoms with Gasteiger partial charge in [-0.05, 0) is 29.8 Å². The summed E-state index contributed by atoms with van der Waals surface area (Å²) in [5, 5.41) is 8.57. The van der Waals surface area contributed by atoms with Crippen LogP contribution in [0, 0.1) is 0 Å². The highest BCUT2D eigenvalue weighted by atomic mass is 35.5. The lowest BCUT2D eigenvalue weighted by atomic mass is 10.2. The zero-order valence-corrected chi connectivity index (χ0v) is 16.5. The van der Waals surface area contributed by atoms with Gasteiger partial charge in [-0.15, -0.1) is 0 Å². The van der Waals surface area contributed by atoms with E-state index in [9.17, 15) is 4.79 Å². The van der Waals surface area contributed by atoms with Gasteiger partial charge in [0, 0.05) is 0 Å². The van der Waals surface area contributed by atoms with Crippen molar-refractivity contribution in [1.29, 1.82) is 0 Å². The number of hydrazone groups is 1. The Morgan fingerprint density at radius 3 is 2.57 bits per heavy atom. The van der Waals surface area contributed by atoms with E-state index >= 15 is 0 Å². The van der Waals surface area contributed by atoms with E-state index in [-0.39, 0.29) is 10.7 Å². The maximum atomic E-state index is 12.5.